The van der Waals surface area contributed by atoms with Gasteiger partial charge in [-0.15, -0.1) is 0 Å². The molecule has 0 saturated heterocycles. The molecule has 5 heteroatoms. The number of nitrogens with one attached hydrogen (secondary N) is 2. The molecule has 4 nitrogen and oxygen atoms in total. The third-order valence-corrected chi connectivity index (χ3v) is 2.44. The second-order valence-electron chi connectivity index (χ2n) is 2.56. The number of anilines is 1. The van der Waals surface area contributed by atoms with E-state index in [1.54, 1.807) is 6.07 Å². The molecule has 1 rings (SSSR count). The van der Waals surface area contributed by atoms with Crippen LogP contribution in [-0.2, 0) is 0 Å². The number of aryl methyl sites for hydroxylation is 1. The Bertz CT molecular complexity index is 327. The van der Waals surface area contributed by atoms with Crippen molar-refractivity contribution < 1.29 is 4.79 Å². The van der Waals surface area contributed by atoms with Crippen LogP contribution < -0.4 is 16.6 Å². The van der Waals surface area contributed by atoms with Crippen LogP contribution in [0.3, 0.4) is 0 Å². The fourth-order valence-corrected chi connectivity index (χ4v) is 1.14. The van der Waals surface area contributed by atoms with Gasteiger partial charge in [0.2, 0.25) is 0 Å². The molecule has 0 fully saturated rings. The van der Waals surface area contributed by atoms with Crippen LogP contribution in [0, 0.1) is 6.92 Å². The van der Waals surface area contributed by atoms with Gasteiger partial charge < -0.3 is 5.32 Å². The van der Waals surface area contributed by atoms with Crippen LogP contribution >= 0.6 is 15.9 Å². The van der Waals surface area contributed by atoms with Crippen molar-refractivity contribution in [1.29, 1.82) is 0 Å². The molecule has 0 heterocycles. The number of amides is 2. The summed E-state index contributed by atoms with van der Waals surface area (Å²) in [5, 5.41) is 2.56. The molecule has 4 N–H and O–H groups in total. The average molecular weight is 244 g/mol. The Labute approximate surface area is 84.6 Å². The highest BCUT2D eigenvalue weighted by atomic mass is 79.9. The largest absolute Gasteiger partial charge is 0.333 e. The maximum Gasteiger partial charge on any atom is 0.333 e. The van der Waals surface area contributed by atoms with Gasteiger partial charge in [-0.05, 0) is 30.7 Å². The molecular weight excluding hydrogens is 234 g/mol. The molecular formula is C8H10BrN3O. The smallest absolute Gasteiger partial charge is 0.307 e. The molecule has 0 radical (unpaired) electrons. The number of benzene rings is 1. The molecule has 0 spiro atoms. The van der Waals surface area contributed by atoms with Crippen molar-refractivity contribution >= 4 is 27.6 Å². The minimum atomic E-state index is -0.429. The Morgan fingerprint density at radius 3 is 2.77 bits per heavy atom. The molecule has 0 atom stereocenters. The summed E-state index contributed by atoms with van der Waals surface area (Å²) in [6.07, 6.45) is 0. The van der Waals surface area contributed by atoms with Gasteiger partial charge in [0, 0.05) is 10.2 Å². The third-order valence-electron chi connectivity index (χ3n) is 1.55. The van der Waals surface area contributed by atoms with Gasteiger partial charge in [0.05, 0.1) is 0 Å². The van der Waals surface area contributed by atoms with Gasteiger partial charge in [-0.3, -0.25) is 5.43 Å². The maximum atomic E-state index is 10.8. The highest BCUT2D eigenvalue weighted by molar-refractivity contribution is 9.10. The monoisotopic (exact) mass is 243 g/mol. The Hall–Kier alpha value is -1.07. The molecule has 70 valence electrons. The van der Waals surface area contributed by atoms with E-state index in [0.29, 0.717) is 5.69 Å². The number of rotatable bonds is 1. The van der Waals surface area contributed by atoms with Crippen molar-refractivity contribution in [2.75, 3.05) is 5.32 Å². The number of carbonyl (C=O) groups is 1. The first-order chi connectivity index (χ1) is 6.13. The van der Waals surface area contributed by atoms with E-state index in [1.807, 2.05) is 24.5 Å². The highest BCUT2D eigenvalue weighted by Gasteiger charge is 2.00. The lowest BCUT2D eigenvalue weighted by Gasteiger charge is -2.05. The van der Waals surface area contributed by atoms with Crippen LogP contribution in [0.1, 0.15) is 5.56 Å². The zero-order valence-corrected chi connectivity index (χ0v) is 8.68. The lowest BCUT2D eigenvalue weighted by atomic mass is 10.2. The zero-order chi connectivity index (χ0) is 9.84. The molecule has 2 amide bonds. The number of hydrazine groups is 1. The van der Waals surface area contributed by atoms with E-state index in [2.05, 4.69) is 21.2 Å². The number of carbonyl (C=O) groups excluding carboxylic acids is 1. The predicted molar refractivity (Wildman–Crippen MR) is 55.2 cm³/mol. The van der Waals surface area contributed by atoms with Crippen LogP contribution in [0.15, 0.2) is 22.7 Å². The summed E-state index contributed by atoms with van der Waals surface area (Å²) in [7, 11) is 0. The fraction of sp³-hybridized carbons (Fsp3) is 0.125. The van der Waals surface area contributed by atoms with Crippen molar-refractivity contribution in [3.05, 3.63) is 28.2 Å². The van der Waals surface area contributed by atoms with Gasteiger partial charge in [-0.1, -0.05) is 15.9 Å². The molecule has 0 aromatic heterocycles. The van der Waals surface area contributed by atoms with Gasteiger partial charge in [0.15, 0.2) is 0 Å². The summed E-state index contributed by atoms with van der Waals surface area (Å²) in [6, 6.07) is 5.06. The Morgan fingerprint density at radius 2 is 2.23 bits per heavy atom. The molecule has 0 unspecified atom stereocenters. The first-order valence-corrected chi connectivity index (χ1v) is 4.46. The van der Waals surface area contributed by atoms with Crippen LogP contribution in [0.5, 0.6) is 0 Å². The van der Waals surface area contributed by atoms with E-state index < -0.39 is 6.03 Å². The normalized spacial score (nSPS) is 9.46. The molecule has 1 aromatic rings. The summed E-state index contributed by atoms with van der Waals surface area (Å²) < 4.78 is 1.01. The number of hydrogen-bond donors (Lipinski definition) is 3. The standard InChI is InChI=1S/C8H10BrN3O/c1-5-4-6(2-3-7(5)9)11-8(13)12-10/h2-4H,10H2,1H3,(H2,11,12,13). The summed E-state index contributed by atoms with van der Waals surface area (Å²) in [4.78, 5) is 10.8. The minimum Gasteiger partial charge on any atom is -0.307 e. The van der Waals surface area contributed by atoms with Gasteiger partial charge >= 0.3 is 6.03 Å². The second-order valence-corrected chi connectivity index (χ2v) is 3.42. The van der Waals surface area contributed by atoms with Gasteiger partial charge in [-0.2, -0.15) is 0 Å². The van der Waals surface area contributed by atoms with Crippen molar-refractivity contribution in [1.82, 2.24) is 5.43 Å². The molecule has 0 aliphatic rings. The Kier molecular flexibility index (Phi) is 3.27. The number of hydrogen-bond acceptors (Lipinski definition) is 2. The molecule has 1 aromatic carbocycles. The first kappa shape index (κ1) is 10.0. The SMILES string of the molecule is Cc1cc(NC(=O)NN)ccc1Br. The van der Waals surface area contributed by atoms with E-state index >= 15 is 0 Å². The molecule has 0 aliphatic heterocycles. The summed E-state index contributed by atoms with van der Waals surface area (Å²) in [6.45, 7) is 1.94. The summed E-state index contributed by atoms with van der Waals surface area (Å²) in [5.41, 5.74) is 3.75. The average Bonchev–Trinajstić information content (AvgIpc) is 2.11. The van der Waals surface area contributed by atoms with Gasteiger partial charge in [0.25, 0.3) is 0 Å². The Balaban J connectivity index is 2.79. The van der Waals surface area contributed by atoms with E-state index in [0.717, 1.165) is 10.0 Å². The van der Waals surface area contributed by atoms with Gasteiger partial charge in [0.1, 0.15) is 0 Å². The maximum absolute atomic E-state index is 10.8. The van der Waals surface area contributed by atoms with Crippen molar-refractivity contribution in [2.24, 2.45) is 5.84 Å². The lowest BCUT2D eigenvalue weighted by Crippen LogP contribution is -2.34. The van der Waals surface area contributed by atoms with E-state index in [1.165, 1.54) is 0 Å². The zero-order valence-electron chi connectivity index (χ0n) is 7.10. The van der Waals surface area contributed by atoms with Crippen molar-refractivity contribution in [3.8, 4) is 0 Å². The number of nitrogens with two attached hydrogens (primary N) is 1. The van der Waals surface area contributed by atoms with Crippen molar-refractivity contribution in [2.45, 2.75) is 6.92 Å². The minimum absolute atomic E-state index is 0.429. The third kappa shape index (κ3) is 2.71. The number of halogens is 1. The van der Waals surface area contributed by atoms with Crippen molar-refractivity contribution in [3.63, 3.8) is 0 Å². The summed E-state index contributed by atoms with van der Waals surface area (Å²) in [5.74, 6) is 4.92. The predicted octanol–water partition coefficient (Wildman–Crippen LogP) is 1.75. The molecule has 0 bridgehead atoms. The second kappa shape index (κ2) is 4.25. The first-order valence-electron chi connectivity index (χ1n) is 3.67. The topological polar surface area (TPSA) is 67.2 Å². The molecule has 0 aliphatic carbocycles. The highest BCUT2D eigenvalue weighted by Crippen LogP contribution is 2.19. The molecule has 0 saturated carbocycles. The quantitative estimate of drug-likeness (QED) is 0.400. The van der Waals surface area contributed by atoms with E-state index in [9.17, 15) is 4.79 Å². The van der Waals surface area contributed by atoms with Crippen LogP contribution in [0.4, 0.5) is 10.5 Å². The van der Waals surface area contributed by atoms with Crippen LogP contribution in [-0.4, -0.2) is 6.03 Å². The van der Waals surface area contributed by atoms with Crippen LogP contribution in [0.2, 0.25) is 0 Å². The number of urea groups is 1. The lowest BCUT2D eigenvalue weighted by molar-refractivity contribution is 0.252. The van der Waals surface area contributed by atoms with E-state index in [4.69, 9.17) is 5.84 Å². The van der Waals surface area contributed by atoms with Crippen LogP contribution in [0.25, 0.3) is 0 Å². The van der Waals surface area contributed by atoms with E-state index in [-0.39, 0.29) is 0 Å². The molecule has 13 heavy (non-hydrogen) atoms. The Morgan fingerprint density at radius 1 is 1.54 bits per heavy atom. The fourth-order valence-electron chi connectivity index (χ4n) is 0.890. The summed E-state index contributed by atoms with van der Waals surface area (Å²) >= 11 is 3.36. The van der Waals surface area contributed by atoms with Gasteiger partial charge in [-0.25, -0.2) is 10.6 Å².